The monoisotopic (exact) mass is 339 g/mol. The molecule has 1 atom stereocenters. The SMILES string of the molecule is Cc1cc(C(=O)Cc2ccc([C@H]3CNCCO3)c(F)c2)cc(C#N)n1. The van der Waals surface area contributed by atoms with Crippen LogP contribution in [0.1, 0.15) is 39.0 Å². The van der Waals surface area contributed by atoms with E-state index in [-0.39, 0.29) is 29.8 Å². The molecule has 128 valence electrons. The number of carbonyl (C=O) groups is 1. The summed E-state index contributed by atoms with van der Waals surface area (Å²) in [7, 11) is 0. The first kappa shape index (κ1) is 17.2. The summed E-state index contributed by atoms with van der Waals surface area (Å²) in [5.74, 6) is -0.549. The van der Waals surface area contributed by atoms with E-state index in [0.29, 0.717) is 35.5 Å². The maximum Gasteiger partial charge on any atom is 0.167 e. The first-order chi connectivity index (χ1) is 12.1. The summed E-state index contributed by atoms with van der Waals surface area (Å²) in [6.45, 7) is 3.61. The fourth-order valence-corrected chi connectivity index (χ4v) is 2.88. The quantitative estimate of drug-likeness (QED) is 0.866. The van der Waals surface area contributed by atoms with E-state index < -0.39 is 0 Å². The van der Waals surface area contributed by atoms with Crippen molar-refractivity contribution in [3.8, 4) is 6.07 Å². The third-order valence-electron chi connectivity index (χ3n) is 4.09. The van der Waals surface area contributed by atoms with E-state index in [2.05, 4.69) is 10.3 Å². The van der Waals surface area contributed by atoms with Gasteiger partial charge in [-0.1, -0.05) is 12.1 Å². The Morgan fingerprint density at radius 3 is 2.96 bits per heavy atom. The van der Waals surface area contributed by atoms with E-state index in [1.807, 2.05) is 6.07 Å². The fourth-order valence-electron chi connectivity index (χ4n) is 2.88. The van der Waals surface area contributed by atoms with Crippen LogP contribution >= 0.6 is 0 Å². The molecule has 3 rings (SSSR count). The van der Waals surface area contributed by atoms with Crippen molar-refractivity contribution >= 4 is 5.78 Å². The Kier molecular flexibility index (Phi) is 5.17. The second kappa shape index (κ2) is 7.51. The molecular weight excluding hydrogens is 321 g/mol. The Morgan fingerprint density at radius 2 is 2.28 bits per heavy atom. The minimum absolute atomic E-state index is 0.0648. The molecule has 0 saturated carbocycles. The van der Waals surface area contributed by atoms with Gasteiger partial charge in [0.1, 0.15) is 17.6 Å². The summed E-state index contributed by atoms with van der Waals surface area (Å²) in [5, 5.41) is 12.1. The van der Waals surface area contributed by atoms with Crippen LogP contribution in [-0.4, -0.2) is 30.5 Å². The lowest BCUT2D eigenvalue weighted by atomic mass is 9.99. The summed E-state index contributed by atoms with van der Waals surface area (Å²) in [5.41, 5.74) is 2.30. The Balaban J connectivity index is 1.77. The van der Waals surface area contributed by atoms with Crippen molar-refractivity contribution in [3.63, 3.8) is 0 Å². The number of nitrogens with zero attached hydrogens (tertiary/aromatic N) is 2. The average molecular weight is 339 g/mol. The maximum atomic E-state index is 14.4. The van der Waals surface area contributed by atoms with E-state index in [1.165, 1.54) is 12.1 Å². The molecule has 25 heavy (non-hydrogen) atoms. The smallest absolute Gasteiger partial charge is 0.167 e. The van der Waals surface area contributed by atoms with Crippen molar-refractivity contribution in [1.82, 2.24) is 10.3 Å². The van der Waals surface area contributed by atoms with E-state index in [4.69, 9.17) is 10.00 Å². The van der Waals surface area contributed by atoms with Gasteiger partial charge < -0.3 is 10.1 Å². The number of hydrogen-bond acceptors (Lipinski definition) is 5. The van der Waals surface area contributed by atoms with Gasteiger partial charge in [-0.3, -0.25) is 4.79 Å². The van der Waals surface area contributed by atoms with Crippen LogP contribution < -0.4 is 5.32 Å². The second-order valence-corrected chi connectivity index (χ2v) is 6.01. The highest BCUT2D eigenvalue weighted by molar-refractivity contribution is 5.97. The molecule has 0 unspecified atom stereocenters. The molecule has 1 aliphatic heterocycles. The van der Waals surface area contributed by atoms with Gasteiger partial charge >= 0.3 is 0 Å². The van der Waals surface area contributed by atoms with Crippen LogP contribution in [0.25, 0.3) is 0 Å². The molecule has 1 N–H and O–H groups in total. The highest BCUT2D eigenvalue weighted by Crippen LogP contribution is 2.23. The highest BCUT2D eigenvalue weighted by Gasteiger charge is 2.20. The Hall–Kier alpha value is -2.62. The first-order valence-corrected chi connectivity index (χ1v) is 8.09. The van der Waals surface area contributed by atoms with Gasteiger partial charge in [0.2, 0.25) is 0 Å². The number of benzene rings is 1. The molecule has 1 aromatic carbocycles. The third-order valence-corrected chi connectivity index (χ3v) is 4.09. The number of morpholine rings is 1. The van der Waals surface area contributed by atoms with E-state index in [0.717, 1.165) is 6.54 Å². The highest BCUT2D eigenvalue weighted by atomic mass is 19.1. The number of halogens is 1. The molecule has 1 fully saturated rings. The predicted molar refractivity (Wildman–Crippen MR) is 89.7 cm³/mol. The lowest BCUT2D eigenvalue weighted by molar-refractivity contribution is 0.0255. The Morgan fingerprint density at radius 1 is 1.44 bits per heavy atom. The van der Waals surface area contributed by atoms with Gasteiger partial charge in [0, 0.05) is 36.3 Å². The van der Waals surface area contributed by atoms with E-state index >= 15 is 0 Å². The number of ketones is 1. The Labute approximate surface area is 145 Å². The van der Waals surface area contributed by atoms with Crippen LogP contribution in [0.5, 0.6) is 0 Å². The first-order valence-electron chi connectivity index (χ1n) is 8.09. The molecule has 6 heteroatoms. The minimum Gasteiger partial charge on any atom is -0.371 e. The van der Waals surface area contributed by atoms with Gasteiger partial charge in [-0.25, -0.2) is 9.37 Å². The molecular formula is C19H18FN3O2. The van der Waals surface area contributed by atoms with Crippen molar-refractivity contribution in [2.45, 2.75) is 19.4 Å². The molecule has 5 nitrogen and oxygen atoms in total. The zero-order valence-corrected chi connectivity index (χ0v) is 13.9. The lowest BCUT2D eigenvalue weighted by Crippen LogP contribution is -2.33. The number of Topliss-reactive ketones (excluding diaryl/α,β-unsaturated/α-hetero) is 1. The molecule has 0 spiro atoms. The molecule has 0 bridgehead atoms. The Bertz CT molecular complexity index is 839. The van der Waals surface area contributed by atoms with Gasteiger partial charge in [0.15, 0.2) is 5.78 Å². The number of aryl methyl sites for hydroxylation is 1. The van der Waals surface area contributed by atoms with Crippen molar-refractivity contribution in [1.29, 1.82) is 5.26 Å². The molecule has 2 heterocycles. The minimum atomic E-state index is -0.373. The summed E-state index contributed by atoms with van der Waals surface area (Å²) < 4.78 is 20.0. The molecule has 0 amide bonds. The standard InChI is InChI=1S/C19H18FN3O2/c1-12-6-14(9-15(10-21)23-12)18(24)8-13-2-3-16(17(20)7-13)19-11-22-4-5-25-19/h2-3,6-7,9,19,22H,4-5,8,11H2,1H3/t19-/m1/s1. The number of ether oxygens (including phenoxy) is 1. The third kappa shape index (κ3) is 4.08. The van der Waals surface area contributed by atoms with Crippen LogP contribution in [0.4, 0.5) is 4.39 Å². The molecule has 0 radical (unpaired) electrons. The number of nitrogens with one attached hydrogen (secondary N) is 1. The molecule has 1 aromatic heterocycles. The van der Waals surface area contributed by atoms with Crippen LogP contribution in [0, 0.1) is 24.1 Å². The van der Waals surface area contributed by atoms with Gasteiger partial charge in [-0.2, -0.15) is 5.26 Å². The van der Waals surface area contributed by atoms with Crippen molar-refractivity contribution < 1.29 is 13.9 Å². The van der Waals surface area contributed by atoms with E-state index in [1.54, 1.807) is 25.1 Å². The zero-order valence-electron chi connectivity index (χ0n) is 13.9. The normalized spacial score (nSPS) is 17.1. The lowest BCUT2D eigenvalue weighted by Gasteiger charge is -2.24. The van der Waals surface area contributed by atoms with Crippen molar-refractivity contribution in [3.05, 3.63) is 64.2 Å². The maximum absolute atomic E-state index is 14.4. The molecule has 1 saturated heterocycles. The summed E-state index contributed by atoms with van der Waals surface area (Å²) in [4.78, 5) is 16.5. The van der Waals surface area contributed by atoms with Crippen LogP contribution in [0.15, 0.2) is 30.3 Å². The molecule has 0 aliphatic carbocycles. The molecule has 1 aliphatic rings. The van der Waals surface area contributed by atoms with Crippen molar-refractivity contribution in [2.75, 3.05) is 19.7 Å². The van der Waals surface area contributed by atoms with Crippen LogP contribution in [0.3, 0.4) is 0 Å². The average Bonchev–Trinajstić information content (AvgIpc) is 2.62. The summed E-state index contributed by atoms with van der Waals surface area (Å²) in [6, 6.07) is 9.83. The number of hydrogen-bond donors (Lipinski definition) is 1. The van der Waals surface area contributed by atoms with Gasteiger partial charge in [0.05, 0.1) is 12.7 Å². The number of rotatable bonds is 4. The number of pyridine rings is 1. The van der Waals surface area contributed by atoms with Crippen LogP contribution in [0.2, 0.25) is 0 Å². The summed E-state index contributed by atoms with van der Waals surface area (Å²) in [6.07, 6.45) is -0.241. The van der Waals surface area contributed by atoms with Gasteiger partial charge in [-0.05, 0) is 30.7 Å². The topological polar surface area (TPSA) is 75.0 Å². The van der Waals surface area contributed by atoms with Gasteiger partial charge in [0.25, 0.3) is 0 Å². The fraction of sp³-hybridized carbons (Fsp3) is 0.316. The largest absolute Gasteiger partial charge is 0.371 e. The van der Waals surface area contributed by atoms with Crippen molar-refractivity contribution in [2.24, 2.45) is 0 Å². The predicted octanol–water partition coefficient (Wildman–Crippen LogP) is 2.49. The second-order valence-electron chi connectivity index (χ2n) is 6.01. The van der Waals surface area contributed by atoms with Gasteiger partial charge in [-0.15, -0.1) is 0 Å². The number of nitriles is 1. The molecule has 2 aromatic rings. The van der Waals surface area contributed by atoms with E-state index in [9.17, 15) is 9.18 Å². The zero-order chi connectivity index (χ0) is 17.8. The van der Waals surface area contributed by atoms with Crippen LogP contribution in [-0.2, 0) is 11.2 Å². The number of aromatic nitrogens is 1. The summed E-state index contributed by atoms with van der Waals surface area (Å²) >= 11 is 0. The number of carbonyl (C=O) groups excluding carboxylic acids is 1.